The number of hydrogen-bond donors (Lipinski definition) is 0. The van der Waals surface area contributed by atoms with Crippen LogP contribution in [0.2, 0.25) is 5.02 Å². The molecule has 4 aromatic rings. The highest BCUT2D eigenvalue weighted by Crippen LogP contribution is 2.12. The number of nitrogens with zero attached hydrogens (tertiary/aromatic N) is 3. The van der Waals surface area contributed by atoms with Gasteiger partial charge in [0.2, 0.25) is 4.96 Å². The van der Waals surface area contributed by atoms with Gasteiger partial charge in [-0.3, -0.25) is 4.79 Å². The molecule has 2 heterocycles. The summed E-state index contributed by atoms with van der Waals surface area (Å²) in [4.78, 5) is 17.5. The van der Waals surface area contributed by atoms with Crippen LogP contribution < -0.4 is 10.1 Å². The van der Waals surface area contributed by atoms with Gasteiger partial charge in [-0.25, -0.2) is 0 Å². The summed E-state index contributed by atoms with van der Waals surface area (Å²) in [5.74, 6) is 0.515. The van der Waals surface area contributed by atoms with Crippen molar-refractivity contribution < 1.29 is 0 Å². The fourth-order valence-electron chi connectivity index (χ4n) is 2.40. The smallest absolute Gasteiger partial charge is 0.266 e. The van der Waals surface area contributed by atoms with Gasteiger partial charge < -0.3 is 0 Å². The molecule has 0 spiro atoms. The summed E-state index contributed by atoms with van der Waals surface area (Å²) < 4.78 is 1.92. The molecule has 0 aliphatic rings. The van der Waals surface area contributed by atoms with Crippen LogP contribution in [0, 0.1) is 0 Å². The Morgan fingerprint density at radius 1 is 1.00 bits per heavy atom. The molecule has 0 aliphatic heterocycles. The normalized spacial score (nSPS) is 12.4. The van der Waals surface area contributed by atoms with E-state index < -0.39 is 0 Å². The minimum absolute atomic E-state index is 0.174. The number of benzene rings is 2. The van der Waals surface area contributed by atoms with Crippen LogP contribution >= 0.6 is 22.9 Å². The summed E-state index contributed by atoms with van der Waals surface area (Å²) in [7, 11) is 0. The Labute approximate surface area is 152 Å². The van der Waals surface area contributed by atoms with Crippen molar-refractivity contribution in [3.63, 3.8) is 0 Å². The lowest BCUT2D eigenvalue weighted by atomic mass is 10.2. The van der Waals surface area contributed by atoms with Crippen LogP contribution in [-0.4, -0.2) is 14.6 Å². The standard InChI is InChI=1S/C19H12ClN3OS/c20-15-8-4-7-14(11-15)12-16-18(24)23-19(25-16)21-17(22-23)10-9-13-5-2-1-3-6-13/h1-12H/b10-9+,16-12+. The fourth-order valence-corrected chi connectivity index (χ4v) is 3.52. The second kappa shape index (κ2) is 6.63. The Balaban J connectivity index is 1.70. The van der Waals surface area contributed by atoms with E-state index in [1.54, 1.807) is 18.2 Å². The molecule has 0 unspecified atom stereocenters. The number of rotatable bonds is 3. The molecule has 4 nitrogen and oxygen atoms in total. The first kappa shape index (κ1) is 15.7. The highest BCUT2D eigenvalue weighted by atomic mass is 35.5. The third-order valence-electron chi connectivity index (χ3n) is 3.57. The lowest BCUT2D eigenvalue weighted by molar-refractivity contribution is 0.925. The zero-order valence-electron chi connectivity index (χ0n) is 13.0. The van der Waals surface area contributed by atoms with E-state index in [-0.39, 0.29) is 5.56 Å². The minimum Gasteiger partial charge on any atom is -0.266 e. The molecule has 6 heteroatoms. The first-order chi connectivity index (χ1) is 12.2. The van der Waals surface area contributed by atoms with E-state index in [1.807, 2.05) is 54.6 Å². The maximum Gasteiger partial charge on any atom is 0.291 e. The van der Waals surface area contributed by atoms with Crippen LogP contribution in [0.25, 0.3) is 23.2 Å². The predicted octanol–water partition coefficient (Wildman–Crippen LogP) is 3.52. The van der Waals surface area contributed by atoms with Gasteiger partial charge in [0, 0.05) is 5.02 Å². The van der Waals surface area contributed by atoms with Crippen LogP contribution in [0.4, 0.5) is 0 Å². The van der Waals surface area contributed by atoms with Crippen LogP contribution in [0.3, 0.4) is 0 Å². The molecule has 0 saturated carbocycles. The van der Waals surface area contributed by atoms with Crippen LogP contribution in [0.1, 0.15) is 17.0 Å². The molecular formula is C19H12ClN3OS. The van der Waals surface area contributed by atoms with E-state index in [0.717, 1.165) is 11.1 Å². The van der Waals surface area contributed by atoms with Crippen LogP contribution in [0.15, 0.2) is 59.4 Å². The van der Waals surface area contributed by atoms with Gasteiger partial charge in [0.1, 0.15) is 0 Å². The van der Waals surface area contributed by atoms with Crippen molar-refractivity contribution in [1.82, 2.24) is 14.6 Å². The lowest BCUT2D eigenvalue weighted by Crippen LogP contribution is -2.23. The molecule has 4 rings (SSSR count). The maximum absolute atomic E-state index is 12.5. The van der Waals surface area contributed by atoms with E-state index >= 15 is 0 Å². The quantitative estimate of drug-likeness (QED) is 0.558. The minimum atomic E-state index is -0.174. The lowest BCUT2D eigenvalue weighted by Gasteiger charge is -1.91. The number of hydrogen-bond acceptors (Lipinski definition) is 4. The SMILES string of the molecule is O=c1/c(=C\c2cccc(Cl)c2)sc2nc(/C=C/c3ccccc3)nn12. The van der Waals surface area contributed by atoms with E-state index in [1.165, 1.54) is 15.9 Å². The Morgan fingerprint density at radius 3 is 2.56 bits per heavy atom. The molecule has 0 radical (unpaired) electrons. The summed E-state index contributed by atoms with van der Waals surface area (Å²) in [6.07, 6.45) is 5.52. The molecule has 0 saturated heterocycles. The molecule has 0 aliphatic carbocycles. The molecule has 2 aromatic carbocycles. The number of fused-ring (bicyclic) bond motifs is 1. The van der Waals surface area contributed by atoms with Crippen molar-refractivity contribution in [2.75, 3.05) is 0 Å². The molecule has 0 atom stereocenters. The molecule has 2 aromatic heterocycles. The van der Waals surface area contributed by atoms with Gasteiger partial charge in [-0.05, 0) is 35.4 Å². The van der Waals surface area contributed by atoms with Gasteiger partial charge in [0.15, 0.2) is 5.82 Å². The summed E-state index contributed by atoms with van der Waals surface area (Å²) in [6, 6.07) is 17.2. The highest BCUT2D eigenvalue weighted by Gasteiger charge is 2.08. The first-order valence-electron chi connectivity index (χ1n) is 7.59. The summed E-state index contributed by atoms with van der Waals surface area (Å²) >= 11 is 7.29. The van der Waals surface area contributed by atoms with E-state index in [9.17, 15) is 4.79 Å². The Hall–Kier alpha value is -2.76. The van der Waals surface area contributed by atoms with Crippen molar-refractivity contribution in [2.24, 2.45) is 0 Å². The Morgan fingerprint density at radius 2 is 1.80 bits per heavy atom. The first-order valence-corrected chi connectivity index (χ1v) is 8.78. The Bertz CT molecular complexity index is 1180. The Kier molecular flexibility index (Phi) is 4.17. The van der Waals surface area contributed by atoms with Crippen molar-refractivity contribution >= 4 is 46.1 Å². The number of halogens is 1. The number of aromatic nitrogens is 3. The second-order valence-corrected chi connectivity index (χ2v) is 6.82. The maximum atomic E-state index is 12.5. The molecular weight excluding hydrogens is 354 g/mol. The zero-order valence-corrected chi connectivity index (χ0v) is 14.5. The fraction of sp³-hybridized carbons (Fsp3) is 0. The van der Waals surface area contributed by atoms with Gasteiger partial charge in [-0.2, -0.15) is 9.50 Å². The highest BCUT2D eigenvalue weighted by molar-refractivity contribution is 7.15. The molecule has 25 heavy (non-hydrogen) atoms. The predicted molar refractivity (Wildman–Crippen MR) is 103 cm³/mol. The molecule has 0 bridgehead atoms. The second-order valence-electron chi connectivity index (χ2n) is 5.38. The molecule has 122 valence electrons. The van der Waals surface area contributed by atoms with Gasteiger partial charge >= 0.3 is 0 Å². The number of thiazole rings is 1. The van der Waals surface area contributed by atoms with Crippen LogP contribution in [-0.2, 0) is 0 Å². The third kappa shape index (κ3) is 3.38. The van der Waals surface area contributed by atoms with E-state index in [2.05, 4.69) is 10.1 Å². The molecule has 0 fully saturated rings. The third-order valence-corrected chi connectivity index (χ3v) is 4.76. The van der Waals surface area contributed by atoms with Crippen molar-refractivity contribution in [3.05, 3.63) is 91.5 Å². The topological polar surface area (TPSA) is 47.3 Å². The zero-order chi connectivity index (χ0) is 17.2. The monoisotopic (exact) mass is 365 g/mol. The van der Waals surface area contributed by atoms with Gasteiger partial charge in [-0.1, -0.05) is 71.5 Å². The average Bonchev–Trinajstić information content (AvgIpc) is 3.14. The summed E-state index contributed by atoms with van der Waals surface area (Å²) in [6.45, 7) is 0. The molecule has 0 N–H and O–H groups in total. The van der Waals surface area contributed by atoms with Gasteiger partial charge in [0.05, 0.1) is 4.53 Å². The molecule has 0 amide bonds. The summed E-state index contributed by atoms with van der Waals surface area (Å²) in [5, 5.41) is 4.91. The van der Waals surface area contributed by atoms with Gasteiger partial charge in [-0.15, -0.1) is 5.10 Å². The van der Waals surface area contributed by atoms with E-state index in [4.69, 9.17) is 11.6 Å². The average molecular weight is 366 g/mol. The summed E-state index contributed by atoms with van der Waals surface area (Å²) in [5.41, 5.74) is 1.75. The van der Waals surface area contributed by atoms with Gasteiger partial charge in [0.25, 0.3) is 5.56 Å². The largest absolute Gasteiger partial charge is 0.291 e. The van der Waals surface area contributed by atoms with Crippen molar-refractivity contribution in [1.29, 1.82) is 0 Å². The van der Waals surface area contributed by atoms with Crippen LogP contribution in [0.5, 0.6) is 0 Å². The van der Waals surface area contributed by atoms with Crippen molar-refractivity contribution in [3.8, 4) is 0 Å². The van der Waals surface area contributed by atoms with E-state index in [0.29, 0.717) is 20.3 Å². The van der Waals surface area contributed by atoms with Crippen molar-refractivity contribution in [2.45, 2.75) is 0 Å².